The molecule has 0 unspecified atom stereocenters. The van der Waals surface area contributed by atoms with Gasteiger partial charge in [0, 0.05) is 19.3 Å². The highest BCUT2D eigenvalue weighted by Gasteiger charge is 2.13. The quantitative estimate of drug-likeness (QED) is 0.646. The van der Waals surface area contributed by atoms with Crippen LogP contribution in [0.1, 0.15) is 19.8 Å². The summed E-state index contributed by atoms with van der Waals surface area (Å²) in [5.74, 6) is 0.743. The molecule has 12 heavy (non-hydrogen) atoms. The maximum absolute atomic E-state index is 8.78. The van der Waals surface area contributed by atoms with Gasteiger partial charge >= 0.3 is 0 Å². The predicted octanol–water partition coefficient (Wildman–Crippen LogP) is 0.383. The molecule has 0 bridgehead atoms. The van der Waals surface area contributed by atoms with Gasteiger partial charge in [-0.1, -0.05) is 0 Å². The lowest BCUT2D eigenvalue weighted by molar-refractivity contribution is 0.0648. The van der Waals surface area contributed by atoms with Crippen molar-refractivity contribution >= 4 is 0 Å². The number of aliphatic hydroxyl groups is 1. The lowest BCUT2D eigenvalue weighted by Gasteiger charge is -2.23. The first-order chi connectivity index (χ1) is 5.83. The molecular formula is C9H19NO2. The fraction of sp³-hybridized carbons (Fsp3) is 1.00. The van der Waals surface area contributed by atoms with Crippen molar-refractivity contribution in [3.05, 3.63) is 0 Å². The average molecular weight is 173 g/mol. The molecule has 0 aliphatic carbocycles. The van der Waals surface area contributed by atoms with Crippen LogP contribution in [-0.2, 0) is 4.74 Å². The van der Waals surface area contributed by atoms with Crippen LogP contribution in [0.3, 0.4) is 0 Å². The van der Waals surface area contributed by atoms with E-state index in [1.807, 2.05) is 6.92 Å². The molecule has 0 aromatic carbocycles. The smallest absolute Gasteiger partial charge is 0.0581 e. The summed E-state index contributed by atoms with van der Waals surface area (Å²) in [5, 5.41) is 12.1. The molecule has 1 aliphatic rings. The molecule has 1 heterocycles. The second kappa shape index (κ2) is 5.51. The molecular weight excluding hydrogens is 154 g/mol. The number of ether oxygens (including phenoxy) is 1. The van der Waals surface area contributed by atoms with Crippen LogP contribution in [0.25, 0.3) is 0 Å². The molecule has 0 saturated carbocycles. The van der Waals surface area contributed by atoms with E-state index in [-0.39, 0.29) is 12.6 Å². The summed E-state index contributed by atoms with van der Waals surface area (Å²) in [5.41, 5.74) is 0. The Hall–Kier alpha value is -0.120. The Bertz CT molecular complexity index is 113. The minimum atomic E-state index is 0.225. The predicted molar refractivity (Wildman–Crippen MR) is 48.1 cm³/mol. The van der Waals surface area contributed by atoms with Crippen molar-refractivity contribution in [2.24, 2.45) is 5.92 Å². The largest absolute Gasteiger partial charge is 0.395 e. The number of hydrogen-bond donors (Lipinski definition) is 2. The topological polar surface area (TPSA) is 41.5 Å². The van der Waals surface area contributed by atoms with Crippen LogP contribution in [0.4, 0.5) is 0 Å². The molecule has 72 valence electrons. The minimum Gasteiger partial charge on any atom is -0.395 e. The zero-order chi connectivity index (χ0) is 8.81. The lowest BCUT2D eigenvalue weighted by Crippen LogP contribution is -2.35. The zero-order valence-corrected chi connectivity index (χ0v) is 7.75. The molecule has 1 atom stereocenters. The maximum Gasteiger partial charge on any atom is 0.0581 e. The first-order valence-corrected chi connectivity index (χ1v) is 4.75. The Morgan fingerprint density at radius 3 is 2.75 bits per heavy atom. The molecule has 3 nitrogen and oxygen atoms in total. The first-order valence-electron chi connectivity index (χ1n) is 4.75. The van der Waals surface area contributed by atoms with Crippen molar-refractivity contribution in [2.75, 3.05) is 26.4 Å². The Kier molecular flexibility index (Phi) is 4.58. The summed E-state index contributed by atoms with van der Waals surface area (Å²) in [4.78, 5) is 0. The van der Waals surface area contributed by atoms with E-state index in [2.05, 4.69) is 5.32 Å². The molecule has 0 amide bonds. The molecule has 0 aromatic heterocycles. The van der Waals surface area contributed by atoms with E-state index in [0.717, 1.165) is 38.5 Å². The van der Waals surface area contributed by atoms with Crippen molar-refractivity contribution < 1.29 is 9.84 Å². The number of aliphatic hydroxyl groups excluding tert-OH is 1. The summed E-state index contributed by atoms with van der Waals surface area (Å²) in [6, 6.07) is 0.229. The molecule has 3 heteroatoms. The summed E-state index contributed by atoms with van der Waals surface area (Å²) in [6.07, 6.45) is 2.32. The third-order valence-electron chi connectivity index (χ3n) is 2.37. The molecule has 1 rings (SSSR count). The monoisotopic (exact) mass is 173 g/mol. The SMILES string of the molecule is C[C@H](CO)NCC1CCOCC1. The van der Waals surface area contributed by atoms with E-state index in [1.165, 1.54) is 0 Å². The Labute approximate surface area is 74.1 Å². The molecule has 1 saturated heterocycles. The van der Waals surface area contributed by atoms with Crippen LogP contribution < -0.4 is 5.32 Å². The van der Waals surface area contributed by atoms with E-state index in [0.29, 0.717) is 0 Å². The molecule has 0 aromatic rings. The summed E-state index contributed by atoms with van der Waals surface area (Å²) in [7, 11) is 0. The van der Waals surface area contributed by atoms with Gasteiger partial charge in [-0.2, -0.15) is 0 Å². The fourth-order valence-electron chi connectivity index (χ4n) is 1.38. The van der Waals surface area contributed by atoms with E-state index in [1.54, 1.807) is 0 Å². The second-order valence-corrected chi connectivity index (χ2v) is 3.55. The van der Waals surface area contributed by atoms with Crippen molar-refractivity contribution in [1.82, 2.24) is 5.32 Å². The van der Waals surface area contributed by atoms with Crippen LogP contribution in [-0.4, -0.2) is 37.5 Å². The van der Waals surface area contributed by atoms with E-state index >= 15 is 0 Å². The third-order valence-corrected chi connectivity index (χ3v) is 2.37. The van der Waals surface area contributed by atoms with Gasteiger partial charge in [-0.25, -0.2) is 0 Å². The Balaban J connectivity index is 2.05. The van der Waals surface area contributed by atoms with Gasteiger partial charge in [0.2, 0.25) is 0 Å². The van der Waals surface area contributed by atoms with Crippen LogP contribution in [0.2, 0.25) is 0 Å². The minimum absolute atomic E-state index is 0.225. The van der Waals surface area contributed by atoms with Gasteiger partial charge < -0.3 is 15.2 Å². The summed E-state index contributed by atoms with van der Waals surface area (Å²) in [6.45, 7) is 5.05. The highest BCUT2D eigenvalue weighted by Crippen LogP contribution is 2.13. The Morgan fingerprint density at radius 2 is 2.17 bits per heavy atom. The Morgan fingerprint density at radius 1 is 1.50 bits per heavy atom. The van der Waals surface area contributed by atoms with Crippen molar-refractivity contribution in [3.63, 3.8) is 0 Å². The molecule has 1 fully saturated rings. The highest BCUT2D eigenvalue weighted by atomic mass is 16.5. The van der Waals surface area contributed by atoms with E-state index in [4.69, 9.17) is 9.84 Å². The second-order valence-electron chi connectivity index (χ2n) is 3.55. The molecule has 0 radical (unpaired) electrons. The summed E-state index contributed by atoms with van der Waals surface area (Å²) < 4.78 is 5.26. The number of rotatable bonds is 4. The maximum atomic E-state index is 8.78. The fourth-order valence-corrected chi connectivity index (χ4v) is 1.38. The van der Waals surface area contributed by atoms with Gasteiger partial charge in [-0.15, -0.1) is 0 Å². The molecule has 1 aliphatic heterocycles. The van der Waals surface area contributed by atoms with Gasteiger partial charge in [0.25, 0.3) is 0 Å². The highest BCUT2D eigenvalue weighted by molar-refractivity contribution is 4.68. The van der Waals surface area contributed by atoms with Crippen LogP contribution >= 0.6 is 0 Å². The van der Waals surface area contributed by atoms with Crippen molar-refractivity contribution in [1.29, 1.82) is 0 Å². The van der Waals surface area contributed by atoms with Crippen LogP contribution in [0.5, 0.6) is 0 Å². The van der Waals surface area contributed by atoms with Gasteiger partial charge in [0.1, 0.15) is 0 Å². The van der Waals surface area contributed by atoms with Crippen molar-refractivity contribution in [3.8, 4) is 0 Å². The number of nitrogens with one attached hydrogen (secondary N) is 1. The van der Waals surface area contributed by atoms with Gasteiger partial charge in [0.15, 0.2) is 0 Å². The average Bonchev–Trinajstić information content (AvgIpc) is 2.16. The zero-order valence-electron chi connectivity index (χ0n) is 7.75. The lowest BCUT2D eigenvalue weighted by atomic mass is 10.0. The van der Waals surface area contributed by atoms with Crippen molar-refractivity contribution in [2.45, 2.75) is 25.8 Å². The van der Waals surface area contributed by atoms with Gasteiger partial charge in [0.05, 0.1) is 6.61 Å². The van der Waals surface area contributed by atoms with Gasteiger partial charge in [-0.05, 0) is 32.2 Å². The number of hydrogen-bond acceptors (Lipinski definition) is 3. The van der Waals surface area contributed by atoms with Gasteiger partial charge in [-0.3, -0.25) is 0 Å². The van der Waals surface area contributed by atoms with Crippen LogP contribution in [0, 0.1) is 5.92 Å². The molecule has 2 N–H and O–H groups in total. The first kappa shape index (κ1) is 9.96. The van der Waals surface area contributed by atoms with E-state index in [9.17, 15) is 0 Å². The standard InChI is InChI=1S/C9H19NO2/c1-8(7-11)10-6-9-2-4-12-5-3-9/h8-11H,2-7H2,1H3/t8-/m1/s1. The third kappa shape index (κ3) is 3.52. The van der Waals surface area contributed by atoms with E-state index < -0.39 is 0 Å². The molecule has 0 spiro atoms. The van der Waals surface area contributed by atoms with Crippen LogP contribution in [0.15, 0.2) is 0 Å². The summed E-state index contributed by atoms with van der Waals surface area (Å²) >= 11 is 0. The normalized spacial score (nSPS) is 22.5.